The van der Waals surface area contributed by atoms with Gasteiger partial charge in [0.2, 0.25) is 0 Å². The monoisotopic (exact) mass is 352 g/mol. The summed E-state index contributed by atoms with van der Waals surface area (Å²) in [4.78, 5) is 15.0. The second-order valence-corrected chi connectivity index (χ2v) is 4.71. The summed E-state index contributed by atoms with van der Waals surface area (Å²) in [6, 6.07) is 7.30. The van der Waals surface area contributed by atoms with E-state index in [-0.39, 0.29) is 74.1 Å². The summed E-state index contributed by atoms with van der Waals surface area (Å²) in [6.07, 6.45) is 4.49. The molecule has 0 spiro atoms. The predicted octanol–water partition coefficient (Wildman–Crippen LogP) is -2.36. The van der Waals surface area contributed by atoms with E-state index in [4.69, 9.17) is 11.6 Å². The van der Waals surface area contributed by atoms with Crippen LogP contribution in [0, 0.1) is 0 Å². The molecule has 0 amide bonds. The molecule has 0 fully saturated rings. The Morgan fingerprint density at radius 1 is 1.36 bits per heavy atom. The minimum atomic E-state index is -1.23. The Balaban J connectivity index is 0. The Bertz CT molecular complexity index is 592. The molecule has 0 saturated heterocycles. The number of hydrogen-bond acceptors (Lipinski definition) is 3. The number of aromatic nitrogens is 2. The van der Waals surface area contributed by atoms with Crippen molar-refractivity contribution in [2.24, 2.45) is 0 Å². The summed E-state index contributed by atoms with van der Waals surface area (Å²) >= 11 is 6.21. The van der Waals surface area contributed by atoms with Gasteiger partial charge < -0.3 is 25.4 Å². The number of benzene rings is 1. The Labute approximate surface area is 176 Å². The van der Waals surface area contributed by atoms with Crippen molar-refractivity contribution in [1.29, 1.82) is 0 Å². The van der Waals surface area contributed by atoms with Crippen LogP contribution in [0.4, 0.5) is 0 Å². The molecule has 1 heterocycles. The molecule has 0 aliphatic rings. The molecule has 1 aromatic heterocycles. The number of halogens is 1. The molecule has 2 aromatic rings. The van der Waals surface area contributed by atoms with Gasteiger partial charge in [0.15, 0.2) is 0 Å². The van der Waals surface area contributed by atoms with Crippen LogP contribution in [0.3, 0.4) is 0 Å². The van der Waals surface area contributed by atoms with Gasteiger partial charge in [-0.05, 0) is 18.1 Å². The van der Waals surface area contributed by atoms with Gasteiger partial charge in [0.1, 0.15) is 0 Å². The molecule has 6 nitrogen and oxygen atoms in total. The fourth-order valence-electron chi connectivity index (χ4n) is 2.17. The number of carbonyl (C=O) groups excluding carboxylic acids is 1. The normalized spacial score (nSPS) is 10.6. The van der Waals surface area contributed by atoms with E-state index >= 15 is 0 Å². The minimum Gasteiger partial charge on any atom is -0.543 e. The number of nitrogens with zero attached hydrogens (tertiary/aromatic N) is 2. The first-order valence-electron chi connectivity index (χ1n) is 6.12. The summed E-state index contributed by atoms with van der Waals surface area (Å²) in [5.41, 5.74) is 0.963. The van der Waals surface area contributed by atoms with Gasteiger partial charge in [-0.25, -0.2) is 4.98 Å². The van der Waals surface area contributed by atoms with Crippen molar-refractivity contribution in [1.82, 2.24) is 9.55 Å². The maximum Gasteiger partial charge on any atom is 1.00 e. The molecular formula is C14H18ClKN2O4. The number of imidazole rings is 1. The van der Waals surface area contributed by atoms with E-state index in [9.17, 15) is 9.90 Å². The van der Waals surface area contributed by atoms with Gasteiger partial charge in [0, 0.05) is 5.02 Å². The van der Waals surface area contributed by atoms with Crippen molar-refractivity contribution < 1.29 is 72.2 Å². The topological polar surface area (TPSA) is 121 Å². The first-order valence-corrected chi connectivity index (χ1v) is 6.50. The Morgan fingerprint density at radius 3 is 2.55 bits per heavy atom. The fraction of sp³-hybridized carbons (Fsp3) is 0.286. The molecule has 116 valence electrons. The van der Waals surface area contributed by atoms with Crippen LogP contribution in [0.1, 0.15) is 41.9 Å². The third kappa shape index (κ3) is 5.43. The van der Waals surface area contributed by atoms with Gasteiger partial charge in [-0.3, -0.25) is 0 Å². The van der Waals surface area contributed by atoms with Gasteiger partial charge in [-0.2, -0.15) is 0 Å². The zero-order chi connectivity index (χ0) is 13.8. The van der Waals surface area contributed by atoms with E-state index in [1.54, 1.807) is 10.6 Å². The van der Waals surface area contributed by atoms with Crippen molar-refractivity contribution >= 4 is 17.6 Å². The van der Waals surface area contributed by atoms with E-state index in [0.717, 1.165) is 18.4 Å². The van der Waals surface area contributed by atoms with E-state index in [1.807, 2.05) is 25.1 Å². The van der Waals surface area contributed by atoms with Crippen LogP contribution in [-0.4, -0.2) is 26.5 Å². The quantitative estimate of drug-likeness (QED) is 0.559. The molecule has 0 saturated carbocycles. The molecule has 0 bridgehead atoms. The molecule has 4 N–H and O–H groups in total. The minimum absolute atomic E-state index is 0. The van der Waals surface area contributed by atoms with Crippen LogP contribution in [0.2, 0.25) is 5.02 Å². The molecule has 1 unspecified atom stereocenters. The van der Waals surface area contributed by atoms with Gasteiger partial charge in [0.05, 0.1) is 30.2 Å². The Hall–Kier alpha value is -0.254. The molecule has 0 aliphatic carbocycles. The van der Waals surface area contributed by atoms with Crippen molar-refractivity contribution in [3.63, 3.8) is 0 Å². The van der Waals surface area contributed by atoms with Gasteiger partial charge >= 0.3 is 51.4 Å². The Morgan fingerprint density at radius 2 is 2.00 bits per heavy atom. The third-order valence-electron chi connectivity index (χ3n) is 3.04. The smallest absolute Gasteiger partial charge is 0.543 e. The van der Waals surface area contributed by atoms with Crippen LogP contribution in [0.5, 0.6) is 0 Å². The molecule has 0 aliphatic heterocycles. The van der Waals surface area contributed by atoms with Crippen LogP contribution in [0.25, 0.3) is 0 Å². The number of carboxylic acid groups (broad SMARTS) is 1. The molecule has 1 aromatic carbocycles. The van der Waals surface area contributed by atoms with E-state index < -0.39 is 5.97 Å². The number of carbonyl (C=O) groups is 1. The first kappa shape index (κ1) is 24.0. The molecule has 22 heavy (non-hydrogen) atoms. The summed E-state index contributed by atoms with van der Waals surface area (Å²) in [5.74, 6) is -1.23. The average molecular weight is 353 g/mol. The number of rotatable bonds is 5. The first-order chi connectivity index (χ1) is 9.15. The average Bonchev–Trinajstić information content (AvgIpc) is 2.86. The number of aromatic carboxylic acids is 1. The summed E-state index contributed by atoms with van der Waals surface area (Å²) in [5, 5.41) is 11.7. The van der Waals surface area contributed by atoms with Crippen molar-refractivity contribution in [2.45, 2.75) is 25.8 Å². The largest absolute Gasteiger partial charge is 1.00 e. The Kier molecular flexibility index (Phi) is 12.3. The zero-order valence-electron chi connectivity index (χ0n) is 12.5. The second kappa shape index (κ2) is 11.3. The van der Waals surface area contributed by atoms with Crippen LogP contribution in [-0.2, 0) is 0 Å². The summed E-state index contributed by atoms with van der Waals surface area (Å²) in [6.45, 7) is 2.04. The van der Waals surface area contributed by atoms with Crippen LogP contribution >= 0.6 is 11.6 Å². The van der Waals surface area contributed by atoms with Crippen LogP contribution < -0.4 is 56.5 Å². The van der Waals surface area contributed by atoms with Gasteiger partial charge in [-0.15, -0.1) is 0 Å². The maximum atomic E-state index is 11.1. The molecule has 1 atom stereocenters. The van der Waals surface area contributed by atoms with Crippen molar-refractivity contribution in [3.8, 4) is 0 Å². The van der Waals surface area contributed by atoms with Crippen LogP contribution in [0.15, 0.2) is 36.8 Å². The standard InChI is InChI=1S/C14H15ClN2O2.K.2H2O/c1-2-5-12(10-6-3-4-7-11(10)15)17-9-16-8-13(17)14(18)19;;;/h3-4,6-9,12H,2,5H2,1H3,(H,18,19);;2*1H2/q;+1;;/p-1. The van der Waals surface area contributed by atoms with E-state index in [2.05, 4.69) is 4.98 Å². The SMILES string of the molecule is CCCC(c1ccccc1Cl)n1cncc1C(=O)[O-].O.O.[K+]. The summed E-state index contributed by atoms with van der Waals surface area (Å²) in [7, 11) is 0. The fourth-order valence-corrected chi connectivity index (χ4v) is 2.44. The molecular weight excluding hydrogens is 335 g/mol. The van der Waals surface area contributed by atoms with Crippen molar-refractivity contribution in [3.05, 3.63) is 53.1 Å². The summed E-state index contributed by atoms with van der Waals surface area (Å²) < 4.78 is 1.61. The molecule has 2 rings (SSSR count). The third-order valence-corrected chi connectivity index (χ3v) is 3.38. The van der Waals surface area contributed by atoms with Gasteiger partial charge in [0.25, 0.3) is 0 Å². The molecule has 8 heteroatoms. The maximum absolute atomic E-state index is 11.1. The molecule has 0 radical (unpaired) electrons. The zero-order valence-corrected chi connectivity index (χ0v) is 16.4. The van der Waals surface area contributed by atoms with Gasteiger partial charge in [-0.1, -0.05) is 43.1 Å². The van der Waals surface area contributed by atoms with E-state index in [1.165, 1.54) is 12.5 Å². The number of carboxylic acids is 1. The van der Waals surface area contributed by atoms with E-state index in [0.29, 0.717) is 5.02 Å². The second-order valence-electron chi connectivity index (χ2n) is 4.30. The predicted molar refractivity (Wildman–Crippen MR) is 78.3 cm³/mol. The van der Waals surface area contributed by atoms with Crippen molar-refractivity contribution in [2.75, 3.05) is 0 Å². The number of hydrogen-bond donors (Lipinski definition) is 0.